The Kier molecular flexibility index (Phi) is 4.56. The van der Waals surface area contributed by atoms with Gasteiger partial charge in [0.25, 0.3) is 5.91 Å². The highest BCUT2D eigenvalue weighted by Crippen LogP contribution is 2.42. The molecule has 0 saturated heterocycles. The average molecular weight is 394 g/mol. The van der Waals surface area contributed by atoms with Crippen molar-refractivity contribution in [3.8, 4) is 11.5 Å². The summed E-state index contributed by atoms with van der Waals surface area (Å²) in [4.78, 5) is 37.8. The molecule has 8 nitrogen and oxygen atoms in total. The number of carbonyl (C=O) groups excluding carboxylic acids is 3. The smallest absolute Gasteiger partial charge is 0.264 e. The number of carbonyl (C=O) groups is 3. The van der Waals surface area contributed by atoms with Crippen molar-refractivity contribution < 1.29 is 29.0 Å². The van der Waals surface area contributed by atoms with E-state index in [-0.39, 0.29) is 18.9 Å². The van der Waals surface area contributed by atoms with E-state index in [1.807, 2.05) is 0 Å². The molecular formula is C21H18N2O6. The number of para-hydroxylation sites is 1. The van der Waals surface area contributed by atoms with Crippen LogP contribution in [0.2, 0.25) is 0 Å². The van der Waals surface area contributed by atoms with Gasteiger partial charge in [0.05, 0.1) is 12.1 Å². The Morgan fingerprint density at radius 1 is 1.17 bits per heavy atom. The van der Waals surface area contributed by atoms with Crippen molar-refractivity contribution in [3.63, 3.8) is 0 Å². The van der Waals surface area contributed by atoms with Gasteiger partial charge in [0.15, 0.2) is 22.9 Å². The van der Waals surface area contributed by atoms with Crippen LogP contribution in [0, 0.1) is 0 Å². The lowest BCUT2D eigenvalue weighted by molar-refractivity contribution is -0.141. The molecule has 2 amide bonds. The van der Waals surface area contributed by atoms with Gasteiger partial charge in [-0.25, -0.2) is 0 Å². The first-order valence-electron chi connectivity index (χ1n) is 8.91. The highest BCUT2D eigenvalue weighted by atomic mass is 16.7. The van der Waals surface area contributed by atoms with Crippen LogP contribution < -0.4 is 20.1 Å². The molecule has 0 spiro atoms. The summed E-state index contributed by atoms with van der Waals surface area (Å²) in [7, 11) is 0. The standard InChI is InChI=1S/C21H18N2O6/c22-19(25)11-23-16-4-2-1-3-15(16)21(27,20(23)26)10-14(24)7-5-13-6-8-17-18(9-13)29-12-28-17/h1-9,27H,10-12H2,(H2,22,25)/b7-5-/t21-/m1/s1. The molecule has 4 rings (SSSR count). The highest BCUT2D eigenvalue weighted by molar-refractivity contribution is 6.12. The van der Waals surface area contributed by atoms with E-state index in [1.165, 1.54) is 6.08 Å². The lowest BCUT2D eigenvalue weighted by Crippen LogP contribution is -2.44. The molecule has 2 aromatic rings. The number of nitrogens with zero attached hydrogens (tertiary/aromatic N) is 1. The van der Waals surface area contributed by atoms with Crippen molar-refractivity contribution in [2.75, 3.05) is 18.2 Å². The molecular weight excluding hydrogens is 376 g/mol. The SMILES string of the molecule is NC(=O)CN1C(=O)[C@@](O)(CC(=O)/C=C\c2ccc3c(c2)OCO3)c2ccccc21. The zero-order valence-electron chi connectivity index (χ0n) is 15.3. The van der Waals surface area contributed by atoms with E-state index in [4.69, 9.17) is 15.2 Å². The number of benzene rings is 2. The molecule has 0 bridgehead atoms. The Balaban J connectivity index is 1.55. The maximum absolute atomic E-state index is 12.8. The third-order valence-electron chi connectivity index (χ3n) is 4.84. The van der Waals surface area contributed by atoms with Gasteiger partial charge in [0.1, 0.15) is 6.54 Å². The number of ketones is 1. The van der Waals surface area contributed by atoms with E-state index < -0.39 is 29.6 Å². The second-order valence-corrected chi connectivity index (χ2v) is 6.82. The fraction of sp³-hybridized carbons (Fsp3) is 0.190. The quantitative estimate of drug-likeness (QED) is 0.709. The predicted octanol–water partition coefficient (Wildman–Crippen LogP) is 1.11. The number of ether oxygens (including phenoxy) is 2. The van der Waals surface area contributed by atoms with Crippen molar-refractivity contribution in [1.29, 1.82) is 0 Å². The molecule has 2 aromatic carbocycles. The highest BCUT2D eigenvalue weighted by Gasteiger charge is 2.50. The Hall–Kier alpha value is -3.65. The number of allylic oxidation sites excluding steroid dienone is 1. The summed E-state index contributed by atoms with van der Waals surface area (Å²) in [5.74, 6) is -0.700. The molecule has 0 aliphatic carbocycles. The van der Waals surface area contributed by atoms with E-state index in [1.54, 1.807) is 48.5 Å². The summed E-state index contributed by atoms with van der Waals surface area (Å²) in [5.41, 5.74) is 4.52. The van der Waals surface area contributed by atoms with Gasteiger partial charge in [-0.3, -0.25) is 19.3 Å². The van der Waals surface area contributed by atoms with Gasteiger partial charge in [-0.2, -0.15) is 0 Å². The van der Waals surface area contributed by atoms with Gasteiger partial charge in [-0.05, 0) is 29.8 Å². The Bertz CT molecular complexity index is 1050. The molecule has 2 aliphatic rings. The Morgan fingerprint density at radius 3 is 2.72 bits per heavy atom. The zero-order valence-corrected chi connectivity index (χ0v) is 15.3. The third-order valence-corrected chi connectivity index (χ3v) is 4.84. The summed E-state index contributed by atoms with van der Waals surface area (Å²) in [5, 5.41) is 11.1. The molecule has 148 valence electrons. The van der Waals surface area contributed by atoms with Crippen LogP contribution in [0.25, 0.3) is 6.08 Å². The van der Waals surface area contributed by atoms with Crippen LogP contribution in [0.5, 0.6) is 11.5 Å². The second kappa shape index (κ2) is 7.06. The maximum atomic E-state index is 12.8. The summed E-state index contributed by atoms with van der Waals surface area (Å²) >= 11 is 0. The van der Waals surface area contributed by atoms with Crippen LogP contribution in [-0.4, -0.2) is 36.0 Å². The van der Waals surface area contributed by atoms with Crippen molar-refractivity contribution >= 4 is 29.4 Å². The number of nitrogens with two attached hydrogens (primary N) is 1. The average Bonchev–Trinajstić information content (AvgIpc) is 3.24. The topological polar surface area (TPSA) is 119 Å². The van der Waals surface area contributed by atoms with Crippen molar-refractivity contribution in [3.05, 3.63) is 59.7 Å². The number of aliphatic hydroxyl groups is 1. The number of primary amides is 1. The van der Waals surface area contributed by atoms with Gasteiger partial charge >= 0.3 is 0 Å². The summed E-state index contributed by atoms with van der Waals surface area (Å²) < 4.78 is 10.5. The number of rotatable bonds is 6. The first kappa shape index (κ1) is 18.7. The summed E-state index contributed by atoms with van der Waals surface area (Å²) in [6, 6.07) is 11.7. The minimum atomic E-state index is -2.05. The first-order valence-corrected chi connectivity index (χ1v) is 8.91. The maximum Gasteiger partial charge on any atom is 0.264 e. The van der Waals surface area contributed by atoms with Crippen LogP contribution in [0.15, 0.2) is 48.5 Å². The van der Waals surface area contributed by atoms with Crippen LogP contribution in [0.1, 0.15) is 17.5 Å². The molecule has 2 aliphatic heterocycles. The molecule has 29 heavy (non-hydrogen) atoms. The molecule has 2 heterocycles. The van der Waals surface area contributed by atoms with Gasteiger partial charge in [-0.1, -0.05) is 30.3 Å². The minimum absolute atomic E-state index is 0.151. The van der Waals surface area contributed by atoms with Crippen LogP contribution in [0.3, 0.4) is 0 Å². The van der Waals surface area contributed by atoms with Crippen LogP contribution in [0.4, 0.5) is 5.69 Å². The fourth-order valence-corrected chi connectivity index (χ4v) is 3.51. The zero-order chi connectivity index (χ0) is 20.6. The molecule has 0 aromatic heterocycles. The van der Waals surface area contributed by atoms with Crippen molar-refractivity contribution in [2.24, 2.45) is 5.73 Å². The largest absolute Gasteiger partial charge is 0.454 e. The van der Waals surface area contributed by atoms with Crippen LogP contribution >= 0.6 is 0 Å². The van der Waals surface area contributed by atoms with Gasteiger partial charge in [-0.15, -0.1) is 0 Å². The van der Waals surface area contributed by atoms with Crippen molar-refractivity contribution in [1.82, 2.24) is 0 Å². The number of hydrogen-bond acceptors (Lipinski definition) is 6. The number of hydrogen-bond donors (Lipinski definition) is 2. The van der Waals surface area contributed by atoms with E-state index in [9.17, 15) is 19.5 Å². The van der Waals surface area contributed by atoms with Gasteiger partial charge in [0.2, 0.25) is 12.7 Å². The third kappa shape index (κ3) is 3.34. The second-order valence-electron chi connectivity index (χ2n) is 6.82. The summed E-state index contributed by atoms with van der Waals surface area (Å²) in [6.45, 7) is -0.225. The molecule has 3 N–H and O–H groups in total. The normalized spacial score (nSPS) is 19.6. The number of fused-ring (bicyclic) bond motifs is 2. The monoisotopic (exact) mass is 394 g/mol. The number of anilines is 1. The van der Waals surface area contributed by atoms with Gasteiger partial charge in [0, 0.05) is 5.56 Å². The molecule has 0 saturated carbocycles. The summed E-state index contributed by atoms with van der Waals surface area (Å²) in [6.07, 6.45) is 2.40. The number of amides is 2. The van der Waals surface area contributed by atoms with E-state index in [0.29, 0.717) is 22.7 Å². The van der Waals surface area contributed by atoms with Crippen molar-refractivity contribution in [2.45, 2.75) is 12.0 Å². The Labute approximate surface area is 166 Å². The van der Waals surface area contributed by atoms with E-state index in [2.05, 4.69) is 0 Å². The molecule has 1 atom stereocenters. The Morgan fingerprint density at radius 2 is 1.93 bits per heavy atom. The molecule has 8 heteroatoms. The van der Waals surface area contributed by atoms with E-state index >= 15 is 0 Å². The molecule has 0 radical (unpaired) electrons. The first-order chi connectivity index (χ1) is 13.9. The fourth-order valence-electron chi connectivity index (χ4n) is 3.51. The van der Waals surface area contributed by atoms with Crippen LogP contribution in [-0.2, 0) is 20.0 Å². The predicted molar refractivity (Wildman–Crippen MR) is 103 cm³/mol. The minimum Gasteiger partial charge on any atom is -0.454 e. The van der Waals surface area contributed by atoms with Gasteiger partial charge < -0.3 is 20.3 Å². The lowest BCUT2D eigenvalue weighted by atomic mass is 9.89. The molecule has 0 unspecified atom stereocenters. The molecule has 0 fully saturated rings. The van der Waals surface area contributed by atoms with E-state index in [0.717, 1.165) is 4.90 Å². The lowest BCUT2D eigenvalue weighted by Gasteiger charge is -2.21.